The lowest BCUT2D eigenvalue weighted by Gasteiger charge is -2.32. The van der Waals surface area contributed by atoms with Crippen LogP contribution in [0.4, 0.5) is 0 Å². The lowest BCUT2D eigenvalue weighted by molar-refractivity contribution is -0.0247. The Balaban J connectivity index is 1.79. The zero-order chi connectivity index (χ0) is 15.7. The first-order valence-electron chi connectivity index (χ1n) is 7.17. The molecule has 22 heavy (non-hydrogen) atoms. The van der Waals surface area contributed by atoms with Gasteiger partial charge in [0.2, 0.25) is 0 Å². The highest BCUT2D eigenvalue weighted by atomic mass is 32.1. The molecule has 0 saturated carbocycles. The normalized spacial score (nSPS) is 18.5. The molecule has 1 amide bonds. The van der Waals surface area contributed by atoms with Crippen molar-refractivity contribution < 1.29 is 9.53 Å². The highest BCUT2D eigenvalue weighted by Gasteiger charge is 2.28. The Morgan fingerprint density at radius 3 is 2.86 bits per heavy atom. The van der Waals surface area contributed by atoms with Crippen LogP contribution in [-0.4, -0.2) is 45.5 Å². The Morgan fingerprint density at radius 2 is 2.18 bits per heavy atom. The third-order valence-electron chi connectivity index (χ3n) is 3.61. The Morgan fingerprint density at radius 1 is 1.36 bits per heavy atom. The van der Waals surface area contributed by atoms with Gasteiger partial charge in [-0.2, -0.15) is 0 Å². The second-order valence-corrected chi connectivity index (χ2v) is 6.21. The molecule has 1 fully saturated rings. The predicted molar refractivity (Wildman–Crippen MR) is 83.0 cm³/mol. The smallest absolute Gasteiger partial charge is 0.266 e. The highest BCUT2D eigenvalue weighted by molar-refractivity contribution is 7.11. The fraction of sp³-hybridized carbons (Fsp3) is 0.467. The van der Waals surface area contributed by atoms with Gasteiger partial charge in [-0.05, 0) is 26.8 Å². The zero-order valence-electron chi connectivity index (χ0n) is 12.9. The lowest BCUT2D eigenvalue weighted by Crippen LogP contribution is -2.42. The fourth-order valence-electron chi connectivity index (χ4n) is 2.57. The van der Waals surface area contributed by atoms with Gasteiger partial charge in [-0.25, -0.2) is 15.0 Å². The number of amides is 1. The summed E-state index contributed by atoms with van der Waals surface area (Å²) in [6.45, 7) is 7.27. The predicted octanol–water partition coefficient (Wildman–Crippen LogP) is 2.07. The first-order valence-corrected chi connectivity index (χ1v) is 8.05. The molecule has 0 aliphatic carbocycles. The van der Waals surface area contributed by atoms with E-state index < -0.39 is 0 Å². The fourth-order valence-corrected chi connectivity index (χ4v) is 3.34. The maximum absolute atomic E-state index is 12.6. The molecule has 2 aromatic rings. The van der Waals surface area contributed by atoms with Gasteiger partial charge < -0.3 is 9.64 Å². The van der Waals surface area contributed by atoms with Gasteiger partial charge in [-0.15, -0.1) is 11.3 Å². The first-order chi connectivity index (χ1) is 10.5. The Hall–Kier alpha value is -1.86. The summed E-state index contributed by atoms with van der Waals surface area (Å²) in [5.74, 6) is 0.746. The topological polar surface area (TPSA) is 68.2 Å². The molecule has 1 aliphatic heterocycles. The first kappa shape index (κ1) is 15.1. The summed E-state index contributed by atoms with van der Waals surface area (Å²) in [6.07, 6.45) is -0.202. The molecule has 0 spiro atoms. The molecule has 0 unspecified atom stereocenters. The van der Waals surface area contributed by atoms with Crippen LogP contribution >= 0.6 is 11.3 Å². The van der Waals surface area contributed by atoms with Crippen LogP contribution in [0.15, 0.2) is 11.6 Å². The van der Waals surface area contributed by atoms with E-state index in [0.29, 0.717) is 24.6 Å². The van der Waals surface area contributed by atoms with Crippen LogP contribution in [0.1, 0.15) is 38.7 Å². The quantitative estimate of drug-likeness (QED) is 0.848. The van der Waals surface area contributed by atoms with Gasteiger partial charge in [-0.1, -0.05) is 0 Å². The largest absolute Gasteiger partial charge is 0.368 e. The maximum Gasteiger partial charge on any atom is 0.266 e. The maximum atomic E-state index is 12.6. The number of aryl methyl sites for hydroxylation is 3. The molecule has 2 aromatic heterocycles. The Labute approximate surface area is 133 Å². The van der Waals surface area contributed by atoms with Crippen molar-refractivity contribution in [2.45, 2.75) is 26.9 Å². The van der Waals surface area contributed by atoms with E-state index in [-0.39, 0.29) is 12.0 Å². The molecule has 1 atom stereocenters. The molecule has 0 N–H and O–H groups in total. The van der Waals surface area contributed by atoms with Gasteiger partial charge >= 0.3 is 0 Å². The molecule has 0 aromatic carbocycles. The van der Waals surface area contributed by atoms with Gasteiger partial charge in [-0.3, -0.25) is 4.79 Å². The van der Waals surface area contributed by atoms with Crippen molar-refractivity contribution in [1.29, 1.82) is 0 Å². The van der Waals surface area contributed by atoms with Gasteiger partial charge in [0.25, 0.3) is 5.91 Å². The number of rotatable bonds is 2. The molecule has 6 nitrogen and oxygen atoms in total. The van der Waals surface area contributed by atoms with E-state index in [1.54, 1.807) is 5.51 Å². The molecule has 0 radical (unpaired) electrons. The summed E-state index contributed by atoms with van der Waals surface area (Å²) >= 11 is 1.38. The van der Waals surface area contributed by atoms with Crippen LogP contribution in [0.25, 0.3) is 0 Å². The van der Waals surface area contributed by atoms with E-state index >= 15 is 0 Å². The average molecular weight is 318 g/mol. The van der Waals surface area contributed by atoms with E-state index in [2.05, 4.69) is 15.0 Å². The van der Waals surface area contributed by atoms with Crippen molar-refractivity contribution in [3.05, 3.63) is 39.4 Å². The van der Waals surface area contributed by atoms with Crippen molar-refractivity contribution in [2.24, 2.45) is 0 Å². The minimum atomic E-state index is -0.202. The number of thiazole rings is 1. The molecular formula is C15H18N4O2S. The number of carbonyl (C=O) groups is 1. The van der Waals surface area contributed by atoms with E-state index in [9.17, 15) is 4.79 Å². The molecule has 0 bridgehead atoms. The molecule has 1 saturated heterocycles. The van der Waals surface area contributed by atoms with E-state index in [0.717, 1.165) is 22.9 Å². The van der Waals surface area contributed by atoms with Crippen LogP contribution in [0.2, 0.25) is 0 Å². The van der Waals surface area contributed by atoms with Crippen molar-refractivity contribution in [3.8, 4) is 0 Å². The highest BCUT2D eigenvalue weighted by Crippen LogP contribution is 2.24. The monoisotopic (exact) mass is 318 g/mol. The van der Waals surface area contributed by atoms with Gasteiger partial charge in [0, 0.05) is 12.2 Å². The summed E-state index contributed by atoms with van der Waals surface area (Å²) in [7, 11) is 0. The molecule has 1 aliphatic rings. The van der Waals surface area contributed by atoms with Crippen LogP contribution in [0, 0.1) is 20.8 Å². The number of morpholine rings is 1. The van der Waals surface area contributed by atoms with Crippen LogP contribution < -0.4 is 0 Å². The number of hydrogen-bond donors (Lipinski definition) is 0. The standard InChI is InChI=1S/C15H18N4O2S/c1-9-6-12(18-11(3)17-9)13-7-19(4-5-21-13)15(20)14-10(2)16-8-22-14/h6,8,13H,4-5,7H2,1-3H3/t13-/m1/s1. The number of ether oxygens (including phenoxy) is 1. The summed E-state index contributed by atoms with van der Waals surface area (Å²) < 4.78 is 5.81. The summed E-state index contributed by atoms with van der Waals surface area (Å²) in [5, 5.41) is 0. The minimum absolute atomic E-state index is 0.0239. The van der Waals surface area contributed by atoms with E-state index in [4.69, 9.17) is 4.74 Å². The van der Waals surface area contributed by atoms with Crippen molar-refractivity contribution >= 4 is 17.2 Å². The van der Waals surface area contributed by atoms with Gasteiger partial charge in [0.1, 0.15) is 16.8 Å². The minimum Gasteiger partial charge on any atom is -0.368 e. The molecule has 7 heteroatoms. The number of nitrogens with zero attached hydrogens (tertiary/aromatic N) is 4. The zero-order valence-corrected chi connectivity index (χ0v) is 13.7. The second-order valence-electron chi connectivity index (χ2n) is 5.36. The van der Waals surface area contributed by atoms with Crippen molar-refractivity contribution in [2.75, 3.05) is 19.7 Å². The van der Waals surface area contributed by atoms with Gasteiger partial charge in [0.15, 0.2) is 0 Å². The lowest BCUT2D eigenvalue weighted by atomic mass is 10.1. The number of carbonyl (C=O) groups excluding carboxylic acids is 1. The number of aromatic nitrogens is 3. The van der Waals surface area contributed by atoms with Crippen LogP contribution in [0.3, 0.4) is 0 Å². The third kappa shape index (κ3) is 3.00. The summed E-state index contributed by atoms with van der Waals surface area (Å²) in [4.78, 5) is 28.0. The van der Waals surface area contributed by atoms with Crippen LogP contribution in [0.5, 0.6) is 0 Å². The van der Waals surface area contributed by atoms with Crippen molar-refractivity contribution in [3.63, 3.8) is 0 Å². The Bertz CT molecular complexity index is 680. The van der Waals surface area contributed by atoms with E-state index in [1.807, 2.05) is 31.7 Å². The number of hydrogen-bond acceptors (Lipinski definition) is 6. The average Bonchev–Trinajstić information content (AvgIpc) is 2.92. The third-order valence-corrected chi connectivity index (χ3v) is 4.53. The van der Waals surface area contributed by atoms with Gasteiger partial charge in [0.05, 0.1) is 30.1 Å². The van der Waals surface area contributed by atoms with Crippen molar-refractivity contribution in [1.82, 2.24) is 19.9 Å². The van der Waals surface area contributed by atoms with E-state index in [1.165, 1.54) is 11.3 Å². The molecular weight excluding hydrogens is 300 g/mol. The second kappa shape index (κ2) is 6.10. The van der Waals surface area contributed by atoms with Crippen LogP contribution in [-0.2, 0) is 4.74 Å². The molecule has 3 heterocycles. The summed E-state index contributed by atoms with van der Waals surface area (Å²) in [6, 6.07) is 1.92. The molecule has 116 valence electrons. The SMILES string of the molecule is Cc1cc([C@H]2CN(C(=O)c3scnc3C)CCO2)nc(C)n1. The molecule has 3 rings (SSSR count). The Kier molecular flexibility index (Phi) is 4.17. The summed E-state index contributed by atoms with van der Waals surface area (Å²) in [5.41, 5.74) is 4.24.